The van der Waals surface area contributed by atoms with E-state index in [1.54, 1.807) is 12.1 Å². The van der Waals surface area contributed by atoms with Gasteiger partial charge in [0.1, 0.15) is 5.82 Å². The topological polar surface area (TPSA) is 62.2 Å². The zero-order valence-electron chi connectivity index (χ0n) is 11.5. The van der Waals surface area contributed by atoms with Crippen LogP contribution in [0.1, 0.15) is 42.6 Å². The van der Waals surface area contributed by atoms with E-state index in [2.05, 4.69) is 10.3 Å². The Bertz CT molecular complexity index is 515. The SMILES string of the molecule is O=C(O)c1cccc(NC2C3CC4CC(C3)CC2C4)n1. The lowest BCUT2D eigenvalue weighted by Crippen LogP contribution is -2.51. The van der Waals surface area contributed by atoms with Gasteiger partial charge in [0.2, 0.25) is 0 Å². The molecule has 1 aromatic rings. The molecule has 5 rings (SSSR count). The summed E-state index contributed by atoms with van der Waals surface area (Å²) in [6, 6.07) is 5.70. The molecule has 4 nitrogen and oxygen atoms in total. The molecule has 4 aliphatic carbocycles. The minimum atomic E-state index is -0.960. The molecule has 4 heteroatoms. The smallest absolute Gasteiger partial charge is 0.354 e. The first kappa shape index (κ1) is 12.2. The Morgan fingerprint density at radius 3 is 2.35 bits per heavy atom. The van der Waals surface area contributed by atoms with E-state index in [9.17, 15) is 4.79 Å². The lowest BCUT2D eigenvalue weighted by atomic mass is 9.54. The molecule has 106 valence electrons. The number of nitrogens with zero attached hydrogens (tertiary/aromatic N) is 1. The van der Waals surface area contributed by atoms with Crippen LogP contribution in [0.25, 0.3) is 0 Å². The van der Waals surface area contributed by atoms with Crippen LogP contribution in [0.4, 0.5) is 5.82 Å². The number of hydrogen-bond acceptors (Lipinski definition) is 3. The van der Waals surface area contributed by atoms with Crippen LogP contribution in [0.3, 0.4) is 0 Å². The molecular formula is C16H20N2O2. The van der Waals surface area contributed by atoms with Gasteiger partial charge < -0.3 is 10.4 Å². The van der Waals surface area contributed by atoms with E-state index in [1.807, 2.05) is 6.07 Å². The van der Waals surface area contributed by atoms with Crippen LogP contribution in [-0.4, -0.2) is 22.1 Å². The van der Waals surface area contributed by atoms with Crippen molar-refractivity contribution in [3.63, 3.8) is 0 Å². The van der Waals surface area contributed by atoms with Crippen molar-refractivity contribution >= 4 is 11.8 Å². The van der Waals surface area contributed by atoms with Crippen molar-refractivity contribution in [2.45, 2.75) is 38.1 Å². The van der Waals surface area contributed by atoms with Gasteiger partial charge in [-0.3, -0.25) is 0 Å². The van der Waals surface area contributed by atoms with Gasteiger partial charge in [-0.25, -0.2) is 9.78 Å². The second-order valence-electron chi connectivity index (χ2n) is 6.81. The summed E-state index contributed by atoms with van der Waals surface area (Å²) in [6.07, 6.45) is 6.85. The predicted molar refractivity (Wildman–Crippen MR) is 75.7 cm³/mol. The molecule has 0 aliphatic heterocycles. The van der Waals surface area contributed by atoms with Crippen molar-refractivity contribution in [1.29, 1.82) is 0 Å². The van der Waals surface area contributed by atoms with Gasteiger partial charge in [0.15, 0.2) is 5.69 Å². The van der Waals surface area contributed by atoms with Gasteiger partial charge >= 0.3 is 5.97 Å². The molecule has 4 fully saturated rings. The standard InChI is InChI=1S/C16H20N2O2/c19-16(20)13-2-1-3-14(17-13)18-15-11-5-9-4-10(7-11)8-12(15)6-9/h1-3,9-12,15H,4-8H2,(H,17,18)(H,19,20). The molecule has 2 N–H and O–H groups in total. The second kappa shape index (κ2) is 4.47. The number of hydrogen-bond donors (Lipinski definition) is 2. The van der Waals surface area contributed by atoms with E-state index in [0.29, 0.717) is 6.04 Å². The normalized spacial score (nSPS) is 37.9. The highest BCUT2D eigenvalue weighted by Crippen LogP contribution is 2.54. The highest BCUT2D eigenvalue weighted by Gasteiger charge is 2.48. The number of anilines is 1. The summed E-state index contributed by atoms with van der Waals surface area (Å²) < 4.78 is 0. The lowest BCUT2D eigenvalue weighted by Gasteiger charge is -2.54. The zero-order chi connectivity index (χ0) is 13.7. The van der Waals surface area contributed by atoms with Gasteiger partial charge in [0, 0.05) is 6.04 Å². The predicted octanol–water partition coefficient (Wildman–Crippen LogP) is 3.02. The maximum atomic E-state index is 11.0. The highest BCUT2D eigenvalue weighted by molar-refractivity contribution is 5.85. The Kier molecular flexibility index (Phi) is 2.72. The number of carboxylic acid groups (broad SMARTS) is 1. The molecule has 1 aromatic heterocycles. The average molecular weight is 272 g/mol. The van der Waals surface area contributed by atoms with Crippen molar-refractivity contribution in [2.24, 2.45) is 23.7 Å². The number of aromatic carboxylic acids is 1. The minimum absolute atomic E-state index is 0.124. The molecule has 4 aliphatic rings. The summed E-state index contributed by atoms with van der Waals surface area (Å²) in [5.41, 5.74) is 0.124. The third kappa shape index (κ3) is 1.98. The molecule has 0 unspecified atom stereocenters. The largest absolute Gasteiger partial charge is 0.477 e. The number of carboxylic acids is 1. The third-order valence-electron chi connectivity index (χ3n) is 5.51. The van der Waals surface area contributed by atoms with E-state index >= 15 is 0 Å². The fourth-order valence-electron chi connectivity index (χ4n) is 4.97. The van der Waals surface area contributed by atoms with E-state index in [-0.39, 0.29) is 5.69 Å². The van der Waals surface area contributed by atoms with Crippen LogP contribution in [0.5, 0.6) is 0 Å². The van der Waals surface area contributed by atoms with E-state index in [4.69, 9.17) is 5.11 Å². The van der Waals surface area contributed by atoms with Crippen LogP contribution in [-0.2, 0) is 0 Å². The number of pyridine rings is 1. The minimum Gasteiger partial charge on any atom is -0.477 e. The second-order valence-corrected chi connectivity index (χ2v) is 6.81. The summed E-state index contributed by atoms with van der Waals surface area (Å²) in [5, 5.41) is 12.6. The molecule has 0 saturated heterocycles. The Morgan fingerprint density at radius 1 is 1.10 bits per heavy atom. The van der Waals surface area contributed by atoms with Crippen molar-refractivity contribution < 1.29 is 9.90 Å². The third-order valence-corrected chi connectivity index (χ3v) is 5.51. The molecule has 4 bridgehead atoms. The monoisotopic (exact) mass is 272 g/mol. The first-order valence-electron chi connectivity index (χ1n) is 7.66. The first-order valence-corrected chi connectivity index (χ1v) is 7.66. The molecule has 1 heterocycles. The number of carbonyl (C=O) groups is 1. The van der Waals surface area contributed by atoms with Crippen LogP contribution in [0, 0.1) is 23.7 Å². The molecular weight excluding hydrogens is 252 g/mol. The Labute approximate surface area is 118 Å². The van der Waals surface area contributed by atoms with Crippen LogP contribution < -0.4 is 5.32 Å². The molecule has 4 saturated carbocycles. The van der Waals surface area contributed by atoms with Crippen molar-refractivity contribution in [1.82, 2.24) is 4.98 Å². The number of rotatable bonds is 3. The molecule has 0 aromatic carbocycles. The molecule has 0 radical (unpaired) electrons. The van der Waals surface area contributed by atoms with E-state index in [0.717, 1.165) is 29.5 Å². The van der Waals surface area contributed by atoms with Crippen LogP contribution >= 0.6 is 0 Å². The van der Waals surface area contributed by atoms with Gasteiger partial charge in [0.25, 0.3) is 0 Å². The zero-order valence-corrected chi connectivity index (χ0v) is 11.5. The van der Waals surface area contributed by atoms with Gasteiger partial charge in [-0.05, 0) is 67.9 Å². The van der Waals surface area contributed by atoms with E-state index in [1.165, 1.54) is 32.1 Å². The van der Waals surface area contributed by atoms with E-state index < -0.39 is 5.97 Å². The van der Waals surface area contributed by atoms with Crippen molar-refractivity contribution in [3.8, 4) is 0 Å². The maximum Gasteiger partial charge on any atom is 0.354 e. The fraction of sp³-hybridized carbons (Fsp3) is 0.625. The van der Waals surface area contributed by atoms with Crippen LogP contribution in [0.15, 0.2) is 18.2 Å². The molecule has 0 spiro atoms. The van der Waals surface area contributed by atoms with Crippen molar-refractivity contribution in [2.75, 3.05) is 5.32 Å². The quantitative estimate of drug-likeness (QED) is 0.888. The maximum absolute atomic E-state index is 11.0. The molecule has 20 heavy (non-hydrogen) atoms. The van der Waals surface area contributed by atoms with Gasteiger partial charge in [-0.2, -0.15) is 0 Å². The molecule has 0 amide bonds. The average Bonchev–Trinajstić information content (AvgIpc) is 2.42. The van der Waals surface area contributed by atoms with Crippen LogP contribution in [0.2, 0.25) is 0 Å². The highest BCUT2D eigenvalue weighted by atomic mass is 16.4. The van der Waals surface area contributed by atoms with Gasteiger partial charge in [0.05, 0.1) is 0 Å². The summed E-state index contributed by atoms with van der Waals surface area (Å²) in [4.78, 5) is 15.2. The summed E-state index contributed by atoms with van der Waals surface area (Å²) in [5.74, 6) is 3.20. The number of nitrogens with one attached hydrogen (secondary N) is 1. The molecule has 0 atom stereocenters. The summed E-state index contributed by atoms with van der Waals surface area (Å²) in [6.45, 7) is 0. The lowest BCUT2D eigenvalue weighted by molar-refractivity contribution is 0.00741. The fourth-order valence-corrected chi connectivity index (χ4v) is 4.97. The van der Waals surface area contributed by atoms with Gasteiger partial charge in [-0.1, -0.05) is 6.07 Å². The Morgan fingerprint density at radius 2 is 1.75 bits per heavy atom. The number of aromatic nitrogens is 1. The first-order chi connectivity index (χ1) is 9.69. The Hall–Kier alpha value is -1.58. The van der Waals surface area contributed by atoms with Gasteiger partial charge in [-0.15, -0.1) is 0 Å². The summed E-state index contributed by atoms with van der Waals surface area (Å²) in [7, 11) is 0. The van der Waals surface area contributed by atoms with Crippen molar-refractivity contribution in [3.05, 3.63) is 23.9 Å². The summed E-state index contributed by atoms with van der Waals surface area (Å²) >= 11 is 0. The Balaban J connectivity index is 1.54.